The Labute approximate surface area is 345 Å². The summed E-state index contributed by atoms with van der Waals surface area (Å²) in [5.41, 5.74) is 18.0. The normalized spacial score (nSPS) is 17.6. The maximum atomic E-state index is 14.2. The number of nitrogens with one attached hydrogen (secondary N) is 5. The second-order valence-electron chi connectivity index (χ2n) is 16.0. The number of anilines is 1. The summed E-state index contributed by atoms with van der Waals surface area (Å²) in [7, 11) is 0. The Balaban J connectivity index is 1.71. The van der Waals surface area contributed by atoms with Gasteiger partial charge in [0.2, 0.25) is 11.8 Å². The maximum absolute atomic E-state index is 14.2. The van der Waals surface area contributed by atoms with Gasteiger partial charge in [-0.25, -0.2) is 20.7 Å². The summed E-state index contributed by atoms with van der Waals surface area (Å²) in [6, 6.07) is 9.18. The van der Waals surface area contributed by atoms with Crippen LogP contribution >= 0.6 is 0 Å². The molecule has 4 amide bonds. The third-order valence-electron chi connectivity index (χ3n) is 9.50. The SMILES string of the molecule is CC(C)C[C@H]1C(=O)N[C@H](C(=O)C[C@@H](CCCN=C(N)N)C(=O)CCCNC(=O)c2ccc(NNC(=O)OC(C)(C)C)nc2)Cc2ccc(cc2)OCCC[C@@H]1C(=O)NO. The number of pyridine rings is 1. The molecule has 0 unspecified atom stereocenters. The fourth-order valence-electron chi connectivity index (χ4n) is 6.63. The Morgan fingerprint density at radius 3 is 2.42 bits per heavy atom. The van der Waals surface area contributed by atoms with Crippen LogP contribution in [0.5, 0.6) is 5.75 Å². The van der Waals surface area contributed by atoms with Crippen molar-refractivity contribution >= 4 is 47.2 Å². The molecular formula is C41H61N9O9. The van der Waals surface area contributed by atoms with Crippen molar-refractivity contribution in [1.82, 2.24) is 26.5 Å². The standard InChI is InChI=1S/C41H61N9O9/c1-25(2)21-31-30(38(55)50-57)10-8-20-58-29-15-12-26(13-16-29)22-32(47-37(31)54)34(52)23-27(9-6-19-45-39(42)43)33(51)11-7-18-44-36(53)28-14-17-35(46-24-28)48-49-40(56)59-41(3,4)5/h12-17,24-25,27,30-32,57H,6-11,18-23H2,1-5H3,(H,44,53)(H,46,48)(H,47,54)(H,49,56)(H,50,55)(H4,42,43,45)/t27-,30+,31-,32+/m1/s1. The van der Waals surface area contributed by atoms with E-state index in [2.05, 4.69) is 31.5 Å². The number of guanidine groups is 1. The zero-order valence-corrected chi connectivity index (χ0v) is 34.7. The number of hydrogen-bond donors (Lipinski definition) is 8. The smallest absolute Gasteiger partial charge is 0.426 e. The molecular weight excluding hydrogens is 763 g/mol. The lowest BCUT2D eigenvalue weighted by Gasteiger charge is -2.29. The minimum Gasteiger partial charge on any atom is -0.494 e. The summed E-state index contributed by atoms with van der Waals surface area (Å²) >= 11 is 0. The van der Waals surface area contributed by atoms with Gasteiger partial charge in [0.15, 0.2) is 11.7 Å². The molecule has 0 saturated carbocycles. The second-order valence-corrected chi connectivity index (χ2v) is 16.0. The van der Waals surface area contributed by atoms with Crippen molar-refractivity contribution < 1.29 is 43.4 Å². The number of benzene rings is 1. The van der Waals surface area contributed by atoms with E-state index in [4.69, 9.17) is 20.9 Å². The number of Topliss-reactive ketones (excluding diaryl/α,β-unsaturated/α-hetero) is 2. The van der Waals surface area contributed by atoms with Crippen LogP contribution in [0.3, 0.4) is 0 Å². The topological polar surface area (TPSA) is 279 Å². The number of nitrogens with zero attached hydrogens (tertiary/aromatic N) is 2. The van der Waals surface area contributed by atoms with Gasteiger partial charge in [0, 0.05) is 44.0 Å². The fourth-order valence-corrected chi connectivity index (χ4v) is 6.63. The van der Waals surface area contributed by atoms with Crippen LogP contribution in [0.2, 0.25) is 0 Å². The predicted molar refractivity (Wildman–Crippen MR) is 220 cm³/mol. The summed E-state index contributed by atoms with van der Waals surface area (Å²) in [5, 5.41) is 15.3. The molecule has 324 valence electrons. The van der Waals surface area contributed by atoms with E-state index in [1.807, 2.05) is 26.0 Å². The molecule has 4 atom stereocenters. The first-order valence-corrected chi connectivity index (χ1v) is 20.0. The van der Waals surface area contributed by atoms with Gasteiger partial charge < -0.3 is 31.6 Å². The molecule has 2 aromatic rings. The number of nitrogens with two attached hydrogens (primary N) is 2. The molecule has 0 fully saturated rings. The molecule has 0 aliphatic carbocycles. The highest BCUT2D eigenvalue weighted by atomic mass is 16.6. The number of ether oxygens (including phenoxy) is 2. The Morgan fingerprint density at radius 2 is 1.80 bits per heavy atom. The molecule has 3 heterocycles. The minimum atomic E-state index is -1.03. The van der Waals surface area contributed by atoms with Crippen LogP contribution in [0, 0.1) is 23.7 Å². The number of carbonyl (C=O) groups excluding carboxylic acids is 6. The summed E-state index contributed by atoms with van der Waals surface area (Å²) in [5.74, 6) is -3.81. The van der Waals surface area contributed by atoms with Gasteiger partial charge in [-0.15, -0.1) is 0 Å². The highest BCUT2D eigenvalue weighted by Gasteiger charge is 2.36. The first-order valence-electron chi connectivity index (χ1n) is 20.0. The first kappa shape index (κ1) is 47.6. The van der Waals surface area contributed by atoms with E-state index in [0.717, 1.165) is 5.56 Å². The third-order valence-corrected chi connectivity index (χ3v) is 9.50. The molecule has 4 rings (SSSR count). The van der Waals surface area contributed by atoms with Crippen molar-refractivity contribution in [2.75, 3.05) is 25.1 Å². The molecule has 10 N–H and O–H groups in total. The van der Waals surface area contributed by atoms with Gasteiger partial charge in [-0.1, -0.05) is 26.0 Å². The van der Waals surface area contributed by atoms with Crippen LogP contribution in [0.1, 0.15) is 102 Å². The first-order chi connectivity index (χ1) is 27.9. The van der Waals surface area contributed by atoms with Crippen molar-refractivity contribution in [1.29, 1.82) is 0 Å². The number of ketones is 2. The van der Waals surface area contributed by atoms with Crippen LogP contribution in [-0.4, -0.2) is 82.9 Å². The van der Waals surface area contributed by atoms with Crippen molar-refractivity contribution in [2.24, 2.45) is 40.1 Å². The second kappa shape index (κ2) is 23.6. The number of rotatable bonds is 18. The van der Waals surface area contributed by atoms with Crippen molar-refractivity contribution in [3.05, 3.63) is 53.7 Å². The third kappa shape index (κ3) is 17.3. The van der Waals surface area contributed by atoms with Crippen LogP contribution in [0.25, 0.3) is 0 Å². The van der Waals surface area contributed by atoms with Crippen LogP contribution in [0.4, 0.5) is 10.6 Å². The molecule has 2 aliphatic rings. The number of carbonyl (C=O) groups is 6. The lowest BCUT2D eigenvalue weighted by Crippen LogP contribution is -2.49. The summed E-state index contributed by atoms with van der Waals surface area (Å²) in [4.78, 5) is 87.7. The fraction of sp³-hybridized carbons (Fsp3) is 0.561. The van der Waals surface area contributed by atoms with E-state index in [-0.39, 0.29) is 80.0 Å². The van der Waals surface area contributed by atoms with Gasteiger partial charge in [-0.05, 0) is 101 Å². The van der Waals surface area contributed by atoms with E-state index in [1.165, 1.54) is 18.3 Å². The average Bonchev–Trinajstić information content (AvgIpc) is 3.18. The highest BCUT2D eigenvalue weighted by molar-refractivity contribution is 5.95. The molecule has 18 nitrogen and oxygen atoms in total. The van der Waals surface area contributed by atoms with Gasteiger partial charge in [0.25, 0.3) is 5.91 Å². The lowest BCUT2D eigenvalue weighted by molar-refractivity contribution is -0.142. The molecule has 18 heteroatoms. The van der Waals surface area contributed by atoms with Crippen LogP contribution < -0.4 is 43.2 Å². The van der Waals surface area contributed by atoms with Gasteiger partial charge in [0.05, 0.1) is 24.1 Å². The quantitative estimate of drug-likeness (QED) is 0.0353. The average molecular weight is 824 g/mol. The van der Waals surface area contributed by atoms with E-state index in [9.17, 15) is 34.0 Å². The van der Waals surface area contributed by atoms with Gasteiger partial charge in [-0.3, -0.25) is 39.6 Å². The van der Waals surface area contributed by atoms with Crippen molar-refractivity contribution in [3.63, 3.8) is 0 Å². The molecule has 59 heavy (non-hydrogen) atoms. The highest BCUT2D eigenvalue weighted by Crippen LogP contribution is 2.28. The van der Waals surface area contributed by atoms with Gasteiger partial charge in [-0.2, -0.15) is 0 Å². The molecule has 2 aliphatic heterocycles. The number of aromatic nitrogens is 1. The molecule has 1 aromatic carbocycles. The number of hydrazine groups is 1. The van der Waals surface area contributed by atoms with E-state index in [1.54, 1.807) is 38.4 Å². The van der Waals surface area contributed by atoms with Crippen LogP contribution in [-0.2, 0) is 30.3 Å². The Bertz CT molecular complexity index is 1740. The molecule has 0 radical (unpaired) electrons. The van der Waals surface area contributed by atoms with E-state index in [0.29, 0.717) is 38.0 Å². The molecule has 2 bridgehead atoms. The monoisotopic (exact) mass is 823 g/mol. The van der Waals surface area contributed by atoms with Crippen molar-refractivity contribution in [3.8, 4) is 5.75 Å². The molecule has 0 saturated heterocycles. The maximum Gasteiger partial charge on any atom is 0.426 e. The number of amides is 4. The van der Waals surface area contributed by atoms with Crippen LogP contribution in [0.15, 0.2) is 47.6 Å². The Morgan fingerprint density at radius 1 is 1.07 bits per heavy atom. The summed E-state index contributed by atoms with van der Waals surface area (Å²) in [6.07, 6.45) is 2.67. The Hall–Kier alpha value is -5.78. The minimum absolute atomic E-state index is 0.0159. The lowest BCUT2D eigenvalue weighted by atomic mass is 9.81. The zero-order chi connectivity index (χ0) is 43.5. The van der Waals surface area contributed by atoms with Gasteiger partial charge in [0.1, 0.15) is 23.0 Å². The molecule has 0 spiro atoms. The Kier molecular flexibility index (Phi) is 19.0. The largest absolute Gasteiger partial charge is 0.494 e. The number of hydrogen-bond acceptors (Lipinski definition) is 12. The zero-order valence-electron chi connectivity index (χ0n) is 34.7. The number of hydroxylamine groups is 1. The van der Waals surface area contributed by atoms with E-state index >= 15 is 0 Å². The summed E-state index contributed by atoms with van der Waals surface area (Å²) < 4.78 is 11.0. The molecule has 1 aromatic heterocycles. The predicted octanol–water partition coefficient (Wildman–Crippen LogP) is 3.33. The number of fused-ring (bicyclic) bond motifs is 11. The van der Waals surface area contributed by atoms with E-state index < -0.39 is 53.2 Å². The van der Waals surface area contributed by atoms with Crippen molar-refractivity contribution in [2.45, 2.75) is 104 Å². The van der Waals surface area contributed by atoms with Gasteiger partial charge >= 0.3 is 6.09 Å². The summed E-state index contributed by atoms with van der Waals surface area (Å²) in [6.45, 7) is 9.75. The number of aliphatic imine (C=N–C) groups is 1.